The first-order valence-corrected chi connectivity index (χ1v) is 8.47. The summed E-state index contributed by atoms with van der Waals surface area (Å²) >= 11 is 0. The van der Waals surface area contributed by atoms with Crippen LogP contribution in [-0.2, 0) is 19.5 Å². The normalized spacial score (nSPS) is 12.5. The molecule has 0 spiro atoms. The Kier molecular flexibility index (Phi) is 7.27. The number of carbonyl (C=O) groups is 1. The third kappa shape index (κ3) is 6.05. The van der Waals surface area contributed by atoms with E-state index in [-0.39, 0.29) is 36.0 Å². The van der Waals surface area contributed by atoms with Gasteiger partial charge < -0.3 is 19.3 Å². The van der Waals surface area contributed by atoms with Gasteiger partial charge in [0.05, 0.1) is 36.8 Å². The Hall–Kier alpha value is -1.84. The number of rotatable bonds is 9. The molecule has 0 aliphatic carbocycles. The summed E-state index contributed by atoms with van der Waals surface area (Å²) in [7, 11) is -1.01. The van der Waals surface area contributed by atoms with Crippen LogP contribution in [0.2, 0.25) is 0 Å². The summed E-state index contributed by atoms with van der Waals surface area (Å²) in [6.07, 6.45) is -0.483. The zero-order valence-electron chi connectivity index (χ0n) is 13.2. The lowest BCUT2D eigenvalue weighted by atomic mass is 10.2. The van der Waals surface area contributed by atoms with Gasteiger partial charge in [-0.15, -0.1) is 0 Å². The fourth-order valence-corrected chi connectivity index (χ4v) is 3.05. The summed E-state index contributed by atoms with van der Waals surface area (Å²) in [6.45, 7) is 1.33. The molecule has 8 nitrogen and oxygen atoms in total. The predicted octanol–water partition coefficient (Wildman–Crippen LogP) is 0.621. The minimum Gasteiger partial charge on any atom is -0.489 e. The number of nitrogens with one attached hydrogen (secondary N) is 1. The van der Waals surface area contributed by atoms with Gasteiger partial charge in [0, 0.05) is 7.11 Å². The maximum Gasteiger partial charge on any atom is 0.337 e. The topological polar surface area (TPSA) is 111 Å². The van der Waals surface area contributed by atoms with Gasteiger partial charge in [0.15, 0.2) is 0 Å². The minimum atomic E-state index is -3.67. The van der Waals surface area contributed by atoms with E-state index in [2.05, 4.69) is 9.46 Å². The Bertz CT molecular complexity index is 630. The van der Waals surface area contributed by atoms with Crippen LogP contribution in [-0.4, -0.2) is 58.8 Å². The van der Waals surface area contributed by atoms with Gasteiger partial charge in [0.1, 0.15) is 12.4 Å². The van der Waals surface area contributed by atoms with Gasteiger partial charge in [-0.25, -0.2) is 13.2 Å². The SMILES string of the molecule is COC(=O)c1ccc(NS(=O)(=O)CC(C)OC)c(OCCO)c1. The van der Waals surface area contributed by atoms with Gasteiger partial charge in [-0.2, -0.15) is 0 Å². The van der Waals surface area contributed by atoms with Crippen molar-refractivity contribution in [3.63, 3.8) is 0 Å². The van der Waals surface area contributed by atoms with E-state index >= 15 is 0 Å². The molecule has 0 aliphatic rings. The number of methoxy groups -OCH3 is 2. The van der Waals surface area contributed by atoms with Crippen LogP contribution >= 0.6 is 0 Å². The maximum atomic E-state index is 12.1. The first kappa shape index (κ1) is 19.2. The van der Waals surface area contributed by atoms with E-state index < -0.39 is 22.1 Å². The molecule has 1 unspecified atom stereocenters. The monoisotopic (exact) mass is 347 g/mol. The zero-order valence-corrected chi connectivity index (χ0v) is 14.1. The number of hydrogen-bond donors (Lipinski definition) is 2. The summed E-state index contributed by atoms with van der Waals surface area (Å²) < 4.78 is 41.4. The van der Waals surface area contributed by atoms with Gasteiger partial charge in [0.25, 0.3) is 0 Å². The molecule has 0 radical (unpaired) electrons. The molecule has 130 valence electrons. The van der Waals surface area contributed by atoms with Crippen molar-refractivity contribution in [1.29, 1.82) is 0 Å². The van der Waals surface area contributed by atoms with Gasteiger partial charge in [-0.1, -0.05) is 0 Å². The third-order valence-corrected chi connectivity index (χ3v) is 4.31. The van der Waals surface area contributed by atoms with Crippen LogP contribution in [0, 0.1) is 0 Å². The van der Waals surface area contributed by atoms with Gasteiger partial charge in [-0.05, 0) is 25.1 Å². The molecule has 0 bridgehead atoms. The molecule has 2 N–H and O–H groups in total. The number of carbonyl (C=O) groups excluding carboxylic acids is 1. The molecule has 0 saturated heterocycles. The van der Waals surface area contributed by atoms with Crippen LogP contribution in [0.15, 0.2) is 18.2 Å². The number of ether oxygens (including phenoxy) is 3. The number of sulfonamides is 1. The largest absolute Gasteiger partial charge is 0.489 e. The molecule has 0 amide bonds. The van der Waals surface area contributed by atoms with Gasteiger partial charge in [0.2, 0.25) is 10.0 Å². The minimum absolute atomic E-state index is 0.0478. The molecule has 1 rings (SSSR count). The van der Waals surface area contributed by atoms with Crippen LogP contribution in [0.1, 0.15) is 17.3 Å². The molecule has 0 aromatic heterocycles. The van der Waals surface area contributed by atoms with Crippen molar-refractivity contribution >= 4 is 21.7 Å². The number of benzene rings is 1. The van der Waals surface area contributed by atoms with E-state index in [0.717, 1.165) is 0 Å². The molecule has 0 heterocycles. The molecule has 23 heavy (non-hydrogen) atoms. The van der Waals surface area contributed by atoms with Crippen LogP contribution < -0.4 is 9.46 Å². The van der Waals surface area contributed by atoms with Crippen molar-refractivity contribution in [2.24, 2.45) is 0 Å². The number of aliphatic hydroxyl groups excluding tert-OH is 1. The average Bonchev–Trinajstić information content (AvgIpc) is 2.52. The van der Waals surface area contributed by atoms with E-state index in [4.69, 9.17) is 14.6 Å². The lowest BCUT2D eigenvalue weighted by molar-refractivity contribution is 0.0600. The van der Waals surface area contributed by atoms with Crippen LogP contribution in [0.4, 0.5) is 5.69 Å². The van der Waals surface area contributed by atoms with Gasteiger partial charge >= 0.3 is 5.97 Å². The van der Waals surface area contributed by atoms with E-state index in [0.29, 0.717) is 0 Å². The molecule has 0 aliphatic heterocycles. The fourth-order valence-electron chi connectivity index (χ4n) is 1.71. The average molecular weight is 347 g/mol. The number of hydrogen-bond acceptors (Lipinski definition) is 7. The highest BCUT2D eigenvalue weighted by atomic mass is 32.2. The highest BCUT2D eigenvalue weighted by Crippen LogP contribution is 2.27. The van der Waals surface area contributed by atoms with Crippen molar-refractivity contribution in [2.45, 2.75) is 13.0 Å². The molecule has 1 atom stereocenters. The smallest absolute Gasteiger partial charge is 0.337 e. The second-order valence-corrected chi connectivity index (χ2v) is 6.47. The summed E-state index contributed by atoms with van der Waals surface area (Å²) in [5.74, 6) is -0.696. The molecule has 9 heteroatoms. The van der Waals surface area contributed by atoms with Crippen molar-refractivity contribution < 1.29 is 32.5 Å². The first-order chi connectivity index (χ1) is 10.8. The highest BCUT2D eigenvalue weighted by molar-refractivity contribution is 7.92. The van der Waals surface area contributed by atoms with E-state index in [1.807, 2.05) is 0 Å². The predicted molar refractivity (Wildman–Crippen MR) is 84.2 cm³/mol. The van der Waals surface area contributed by atoms with E-state index in [1.54, 1.807) is 6.92 Å². The Balaban J connectivity index is 3.06. The van der Waals surface area contributed by atoms with Crippen LogP contribution in [0.5, 0.6) is 5.75 Å². The van der Waals surface area contributed by atoms with Crippen molar-refractivity contribution in [3.8, 4) is 5.75 Å². The number of esters is 1. The van der Waals surface area contributed by atoms with Crippen molar-refractivity contribution in [3.05, 3.63) is 23.8 Å². The molecule has 0 saturated carbocycles. The third-order valence-electron chi connectivity index (χ3n) is 2.87. The second kappa shape index (κ2) is 8.70. The van der Waals surface area contributed by atoms with Crippen molar-refractivity contribution in [1.82, 2.24) is 0 Å². The zero-order chi connectivity index (χ0) is 17.5. The first-order valence-electron chi connectivity index (χ1n) is 6.82. The standard InChI is InChI=1S/C14H21NO7S/c1-10(20-2)9-23(18,19)15-12-5-4-11(14(17)21-3)8-13(12)22-7-6-16/h4-5,8,10,15-16H,6-7,9H2,1-3H3. The lowest BCUT2D eigenvalue weighted by Crippen LogP contribution is -2.25. The number of aliphatic hydroxyl groups is 1. The van der Waals surface area contributed by atoms with Crippen LogP contribution in [0.25, 0.3) is 0 Å². The molecular weight excluding hydrogens is 326 g/mol. The molecule has 0 fully saturated rings. The summed E-state index contributed by atoms with van der Waals surface area (Å²) in [5, 5.41) is 8.85. The Labute approximate surface area is 135 Å². The molecule has 1 aromatic rings. The summed E-state index contributed by atoms with van der Waals surface area (Å²) in [5.41, 5.74) is 0.364. The maximum absolute atomic E-state index is 12.1. The lowest BCUT2D eigenvalue weighted by Gasteiger charge is -2.16. The molecular formula is C14H21NO7S. The fraction of sp³-hybridized carbons (Fsp3) is 0.500. The number of anilines is 1. The Morgan fingerprint density at radius 1 is 1.35 bits per heavy atom. The molecule has 1 aromatic carbocycles. The van der Waals surface area contributed by atoms with Crippen molar-refractivity contribution in [2.75, 3.05) is 37.9 Å². The van der Waals surface area contributed by atoms with E-state index in [1.165, 1.54) is 32.4 Å². The Morgan fingerprint density at radius 2 is 2.04 bits per heavy atom. The highest BCUT2D eigenvalue weighted by Gasteiger charge is 2.19. The quantitative estimate of drug-likeness (QED) is 0.630. The van der Waals surface area contributed by atoms with Gasteiger partial charge in [-0.3, -0.25) is 4.72 Å². The Morgan fingerprint density at radius 3 is 2.61 bits per heavy atom. The van der Waals surface area contributed by atoms with Crippen LogP contribution in [0.3, 0.4) is 0 Å². The summed E-state index contributed by atoms with van der Waals surface area (Å²) in [4.78, 5) is 11.5. The van der Waals surface area contributed by atoms with E-state index in [9.17, 15) is 13.2 Å². The summed E-state index contributed by atoms with van der Waals surface area (Å²) in [6, 6.07) is 4.16. The second-order valence-electron chi connectivity index (χ2n) is 4.70.